The second kappa shape index (κ2) is 10.6. The van der Waals surface area contributed by atoms with Gasteiger partial charge in [-0.25, -0.2) is 4.79 Å². The summed E-state index contributed by atoms with van der Waals surface area (Å²) in [4.78, 5) is 12.6. The number of hydrogen-bond acceptors (Lipinski definition) is 4. The largest absolute Gasteiger partial charge is 0.497 e. The van der Waals surface area contributed by atoms with E-state index < -0.39 is 0 Å². The molecule has 166 valence electrons. The van der Waals surface area contributed by atoms with Gasteiger partial charge in [0, 0.05) is 12.6 Å². The molecule has 1 heterocycles. The summed E-state index contributed by atoms with van der Waals surface area (Å²) in [6, 6.07) is 23.7. The Balaban J connectivity index is 1.39. The first-order chi connectivity index (χ1) is 15.7. The SMILES string of the molecule is COc1ccc(C[C@H](Cc2ccc3c(c2)OCO3)NC(=O)NCCc2ccccc2)cc1. The lowest BCUT2D eigenvalue weighted by molar-refractivity contribution is 0.174. The first-order valence-electron chi connectivity index (χ1n) is 10.8. The molecule has 6 nitrogen and oxygen atoms in total. The van der Waals surface area contributed by atoms with E-state index in [-0.39, 0.29) is 18.9 Å². The summed E-state index contributed by atoms with van der Waals surface area (Å²) in [5, 5.41) is 6.12. The molecular weight excluding hydrogens is 404 g/mol. The number of carbonyl (C=O) groups excluding carboxylic acids is 1. The molecule has 0 fully saturated rings. The predicted octanol–water partition coefficient (Wildman–Crippen LogP) is 4.12. The van der Waals surface area contributed by atoms with Crippen LogP contribution in [0.4, 0.5) is 4.79 Å². The third-order valence-corrected chi connectivity index (χ3v) is 5.44. The Hall–Kier alpha value is -3.67. The number of carbonyl (C=O) groups is 1. The van der Waals surface area contributed by atoms with Gasteiger partial charge in [-0.2, -0.15) is 0 Å². The molecular formula is C26H28N2O4. The van der Waals surface area contributed by atoms with E-state index in [2.05, 4.69) is 22.8 Å². The molecule has 2 amide bonds. The normalized spacial score (nSPS) is 12.8. The van der Waals surface area contributed by atoms with Crippen LogP contribution in [0.25, 0.3) is 0 Å². The molecule has 0 aromatic heterocycles. The van der Waals surface area contributed by atoms with Crippen LogP contribution < -0.4 is 24.8 Å². The van der Waals surface area contributed by atoms with E-state index in [0.29, 0.717) is 19.4 Å². The number of methoxy groups -OCH3 is 1. The average Bonchev–Trinajstić information content (AvgIpc) is 3.28. The molecule has 1 atom stereocenters. The number of ether oxygens (including phenoxy) is 3. The number of nitrogens with one attached hydrogen (secondary N) is 2. The maximum atomic E-state index is 12.6. The van der Waals surface area contributed by atoms with Crippen LogP contribution in [0.3, 0.4) is 0 Å². The van der Waals surface area contributed by atoms with Crippen molar-refractivity contribution in [1.29, 1.82) is 0 Å². The maximum Gasteiger partial charge on any atom is 0.315 e. The standard InChI is InChI=1S/C26H28N2O4/c1-30-23-10-7-20(8-11-23)15-22(16-21-9-12-24-25(17-21)32-18-31-24)28-26(29)27-14-13-19-5-3-2-4-6-19/h2-12,17,22H,13-16,18H2,1H3,(H2,27,28,29)/t22-/m1/s1. The van der Waals surface area contributed by atoms with Crippen LogP contribution in [0.5, 0.6) is 17.2 Å². The minimum Gasteiger partial charge on any atom is -0.497 e. The third-order valence-electron chi connectivity index (χ3n) is 5.44. The molecule has 3 aromatic rings. The van der Waals surface area contributed by atoms with Gasteiger partial charge in [-0.15, -0.1) is 0 Å². The number of fused-ring (bicyclic) bond motifs is 1. The smallest absolute Gasteiger partial charge is 0.315 e. The summed E-state index contributed by atoms with van der Waals surface area (Å²) in [6.45, 7) is 0.825. The Bertz CT molecular complexity index is 1020. The molecule has 2 N–H and O–H groups in total. The van der Waals surface area contributed by atoms with Gasteiger partial charge in [0.1, 0.15) is 5.75 Å². The molecule has 0 saturated heterocycles. The molecule has 1 aliphatic rings. The van der Waals surface area contributed by atoms with Crippen LogP contribution in [0, 0.1) is 0 Å². The van der Waals surface area contributed by atoms with E-state index in [9.17, 15) is 4.79 Å². The number of rotatable bonds is 9. The van der Waals surface area contributed by atoms with Gasteiger partial charge in [0.25, 0.3) is 0 Å². The highest BCUT2D eigenvalue weighted by Crippen LogP contribution is 2.33. The van der Waals surface area contributed by atoms with Crippen molar-refractivity contribution in [3.8, 4) is 17.2 Å². The molecule has 1 aliphatic heterocycles. The summed E-state index contributed by atoms with van der Waals surface area (Å²) < 4.78 is 16.2. The Morgan fingerprint density at radius 1 is 0.906 bits per heavy atom. The van der Waals surface area contributed by atoms with Gasteiger partial charge in [-0.1, -0.05) is 48.5 Å². The van der Waals surface area contributed by atoms with Gasteiger partial charge in [-0.05, 0) is 60.2 Å². The van der Waals surface area contributed by atoms with Crippen LogP contribution in [-0.4, -0.2) is 32.5 Å². The molecule has 0 spiro atoms. The molecule has 0 aliphatic carbocycles. The van der Waals surface area contributed by atoms with Crippen LogP contribution in [-0.2, 0) is 19.3 Å². The molecule has 0 unspecified atom stereocenters. The molecule has 0 radical (unpaired) electrons. The van der Waals surface area contributed by atoms with Gasteiger partial charge in [0.15, 0.2) is 11.5 Å². The van der Waals surface area contributed by atoms with Crippen molar-refractivity contribution in [2.75, 3.05) is 20.4 Å². The van der Waals surface area contributed by atoms with Gasteiger partial charge < -0.3 is 24.8 Å². The van der Waals surface area contributed by atoms with Crippen molar-refractivity contribution >= 4 is 6.03 Å². The van der Waals surface area contributed by atoms with Gasteiger partial charge in [0.05, 0.1) is 7.11 Å². The molecule has 0 saturated carbocycles. The lowest BCUT2D eigenvalue weighted by atomic mass is 9.98. The Kier molecular flexibility index (Phi) is 7.12. The van der Waals surface area contributed by atoms with E-state index in [1.165, 1.54) is 5.56 Å². The summed E-state index contributed by atoms with van der Waals surface area (Å²) in [7, 11) is 1.65. The van der Waals surface area contributed by atoms with E-state index in [0.717, 1.165) is 34.8 Å². The minimum atomic E-state index is -0.166. The quantitative estimate of drug-likeness (QED) is 0.534. The van der Waals surface area contributed by atoms with Crippen molar-refractivity contribution < 1.29 is 19.0 Å². The monoisotopic (exact) mass is 432 g/mol. The summed E-state index contributed by atoms with van der Waals surface area (Å²) in [5.41, 5.74) is 3.40. The second-order valence-electron chi connectivity index (χ2n) is 7.78. The fourth-order valence-corrected chi connectivity index (χ4v) is 3.77. The first kappa shape index (κ1) is 21.6. The number of urea groups is 1. The Labute approximate surface area is 188 Å². The Morgan fingerprint density at radius 2 is 1.62 bits per heavy atom. The minimum absolute atomic E-state index is 0.0829. The summed E-state index contributed by atoms with van der Waals surface area (Å²) in [5.74, 6) is 2.32. The van der Waals surface area contributed by atoms with Crippen LogP contribution >= 0.6 is 0 Å². The van der Waals surface area contributed by atoms with E-state index in [4.69, 9.17) is 14.2 Å². The topological polar surface area (TPSA) is 68.8 Å². The highest BCUT2D eigenvalue weighted by atomic mass is 16.7. The molecule has 32 heavy (non-hydrogen) atoms. The molecule has 0 bridgehead atoms. The number of benzene rings is 3. The third kappa shape index (κ3) is 5.94. The fourth-order valence-electron chi connectivity index (χ4n) is 3.77. The van der Waals surface area contributed by atoms with E-state index in [1.54, 1.807) is 7.11 Å². The van der Waals surface area contributed by atoms with Gasteiger partial charge in [0.2, 0.25) is 6.79 Å². The van der Waals surface area contributed by atoms with E-state index >= 15 is 0 Å². The zero-order valence-electron chi connectivity index (χ0n) is 18.2. The first-order valence-corrected chi connectivity index (χ1v) is 10.8. The van der Waals surface area contributed by atoms with Crippen molar-refractivity contribution in [3.05, 3.63) is 89.5 Å². The predicted molar refractivity (Wildman–Crippen MR) is 123 cm³/mol. The van der Waals surface area contributed by atoms with Crippen molar-refractivity contribution in [1.82, 2.24) is 10.6 Å². The summed E-state index contributed by atoms with van der Waals surface area (Å²) in [6.07, 6.45) is 2.17. The average molecular weight is 433 g/mol. The summed E-state index contributed by atoms with van der Waals surface area (Å²) >= 11 is 0. The highest BCUT2D eigenvalue weighted by molar-refractivity contribution is 5.74. The van der Waals surface area contributed by atoms with Gasteiger partial charge in [-0.3, -0.25) is 0 Å². The number of amides is 2. The van der Waals surface area contributed by atoms with Crippen LogP contribution in [0.15, 0.2) is 72.8 Å². The van der Waals surface area contributed by atoms with Crippen molar-refractivity contribution in [3.63, 3.8) is 0 Å². The van der Waals surface area contributed by atoms with E-state index in [1.807, 2.05) is 60.7 Å². The number of hydrogen-bond donors (Lipinski definition) is 2. The Morgan fingerprint density at radius 3 is 2.41 bits per heavy atom. The van der Waals surface area contributed by atoms with Crippen molar-refractivity contribution in [2.24, 2.45) is 0 Å². The zero-order chi connectivity index (χ0) is 22.2. The maximum absolute atomic E-state index is 12.6. The molecule has 3 aromatic carbocycles. The van der Waals surface area contributed by atoms with Crippen molar-refractivity contribution in [2.45, 2.75) is 25.3 Å². The van der Waals surface area contributed by atoms with Crippen LogP contribution in [0.1, 0.15) is 16.7 Å². The van der Waals surface area contributed by atoms with Gasteiger partial charge >= 0.3 is 6.03 Å². The lowest BCUT2D eigenvalue weighted by Crippen LogP contribution is -2.44. The molecule has 4 rings (SSSR count). The fraction of sp³-hybridized carbons (Fsp3) is 0.269. The lowest BCUT2D eigenvalue weighted by Gasteiger charge is -2.20. The van der Waals surface area contributed by atoms with Crippen LogP contribution in [0.2, 0.25) is 0 Å². The molecule has 6 heteroatoms. The zero-order valence-corrected chi connectivity index (χ0v) is 18.2. The second-order valence-corrected chi connectivity index (χ2v) is 7.78. The highest BCUT2D eigenvalue weighted by Gasteiger charge is 2.18.